The van der Waals surface area contributed by atoms with E-state index in [0.717, 1.165) is 31.6 Å². The molecule has 0 unspecified atom stereocenters. The molecule has 0 bridgehead atoms. The first kappa shape index (κ1) is 28.8. The maximum absolute atomic E-state index is 13.9. The van der Waals surface area contributed by atoms with Crippen LogP contribution in [0, 0.1) is 11.8 Å². The Labute approximate surface area is 224 Å². The predicted molar refractivity (Wildman–Crippen MR) is 143 cm³/mol. The molecule has 2 fully saturated rings. The highest BCUT2D eigenvalue weighted by Crippen LogP contribution is 2.40. The van der Waals surface area contributed by atoms with Crippen LogP contribution in [-0.2, 0) is 22.3 Å². The second kappa shape index (κ2) is 13.7. The number of aryl methyl sites for hydroxylation is 2. The number of rotatable bonds is 10. The third-order valence-corrected chi connectivity index (χ3v) is 8.01. The van der Waals surface area contributed by atoms with E-state index < -0.39 is 17.9 Å². The predicted octanol–water partition coefficient (Wildman–Crippen LogP) is 9.40. The topological polar surface area (TPSA) is 18.5 Å². The van der Waals surface area contributed by atoms with Gasteiger partial charge in [0.05, 0.1) is 19.3 Å². The lowest BCUT2D eigenvalue weighted by molar-refractivity contribution is -0.206. The van der Waals surface area contributed by atoms with Crippen LogP contribution in [0.5, 0.6) is 0 Å². The van der Waals surface area contributed by atoms with Gasteiger partial charge in [0.1, 0.15) is 5.83 Å². The van der Waals surface area contributed by atoms with Gasteiger partial charge in [-0.2, -0.15) is 13.2 Å². The first-order valence-corrected chi connectivity index (χ1v) is 14.2. The number of ether oxygens (including phenoxy) is 2. The van der Waals surface area contributed by atoms with Crippen LogP contribution in [0.3, 0.4) is 0 Å². The van der Waals surface area contributed by atoms with Crippen LogP contribution < -0.4 is 0 Å². The molecule has 0 amide bonds. The Kier molecular flexibility index (Phi) is 10.4. The minimum absolute atomic E-state index is 0.178. The van der Waals surface area contributed by atoms with Gasteiger partial charge < -0.3 is 9.47 Å². The molecule has 0 radical (unpaired) electrons. The van der Waals surface area contributed by atoms with Crippen molar-refractivity contribution in [2.75, 3.05) is 13.2 Å². The number of alkyl halides is 3. The maximum atomic E-state index is 13.9. The minimum Gasteiger partial charge on any atom is -0.348 e. The highest BCUT2D eigenvalue weighted by molar-refractivity contribution is 5.28. The molecule has 1 saturated carbocycles. The van der Waals surface area contributed by atoms with E-state index in [-0.39, 0.29) is 18.3 Å². The highest BCUT2D eigenvalue weighted by Gasteiger charge is 2.30. The van der Waals surface area contributed by atoms with Crippen LogP contribution in [0.25, 0.3) is 0 Å². The van der Waals surface area contributed by atoms with Crippen LogP contribution in [0.4, 0.5) is 17.6 Å². The Morgan fingerprint density at radius 2 is 1.37 bits per heavy atom. The molecular weight excluding hydrogens is 492 g/mol. The molecule has 0 aromatic heterocycles. The normalized spacial score (nSPS) is 24.9. The van der Waals surface area contributed by atoms with E-state index >= 15 is 0 Å². The molecule has 1 saturated heterocycles. The summed E-state index contributed by atoms with van der Waals surface area (Å²) in [6.07, 6.45) is 4.07. The van der Waals surface area contributed by atoms with E-state index in [1.807, 2.05) is 0 Å². The van der Waals surface area contributed by atoms with E-state index in [9.17, 15) is 17.6 Å². The zero-order chi connectivity index (χ0) is 27.0. The van der Waals surface area contributed by atoms with E-state index in [1.54, 1.807) is 0 Å². The smallest absolute Gasteiger partial charge is 0.348 e. The van der Waals surface area contributed by atoms with Gasteiger partial charge in [0.2, 0.25) is 0 Å². The molecule has 2 nitrogen and oxygen atoms in total. The summed E-state index contributed by atoms with van der Waals surface area (Å²) in [6.45, 7) is 3.75. The van der Waals surface area contributed by atoms with Crippen molar-refractivity contribution in [1.29, 1.82) is 0 Å². The largest absolute Gasteiger partial charge is 0.412 e. The van der Waals surface area contributed by atoms with Crippen molar-refractivity contribution in [3.8, 4) is 0 Å². The molecule has 1 aliphatic heterocycles. The van der Waals surface area contributed by atoms with Crippen molar-refractivity contribution in [2.24, 2.45) is 11.8 Å². The fourth-order valence-corrected chi connectivity index (χ4v) is 5.65. The van der Waals surface area contributed by atoms with Crippen molar-refractivity contribution in [3.63, 3.8) is 0 Å². The lowest BCUT2D eigenvalue weighted by Gasteiger charge is -2.29. The van der Waals surface area contributed by atoms with Gasteiger partial charge in [0.25, 0.3) is 0 Å². The maximum Gasteiger partial charge on any atom is 0.412 e. The summed E-state index contributed by atoms with van der Waals surface area (Å²) in [5, 5.41) is 0. The molecule has 4 rings (SSSR count). The van der Waals surface area contributed by atoms with Gasteiger partial charge in [-0.1, -0.05) is 74.7 Å². The Hall–Kier alpha value is -2.18. The average Bonchev–Trinajstić information content (AvgIpc) is 2.92. The van der Waals surface area contributed by atoms with E-state index in [2.05, 4.69) is 55.5 Å². The SMILES string of the molecule is CCCCCC1COC(c2ccc(CCc3ccc(C4CCC(C(F)=CC(F)(F)F)CC4)cc3)cc2)OC1. The summed E-state index contributed by atoms with van der Waals surface area (Å²) >= 11 is 0. The molecule has 1 aliphatic carbocycles. The summed E-state index contributed by atoms with van der Waals surface area (Å²) in [5.41, 5.74) is 4.77. The number of hydrogen-bond donors (Lipinski definition) is 0. The molecule has 208 valence electrons. The van der Waals surface area contributed by atoms with Gasteiger partial charge in [-0.25, -0.2) is 4.39 Å². The Morgan fingerprint density at radius 3 is 1.89 bits per heavy atom. The number of hydrogen-bond acceptors (Lipinski definition) is 2. The second-order valence-electron chi connectivity index (χ2n) is 11.0. The van der Waals surface area contributed by atoms with Crippen molar-refractivity contribution in [2.45, 2.75) is 89.5 Å². The molecular formula is C32H40F4O2. The van der Waals surface area contributed by atoms with Crippen LogP contribution >= 0.6 is 0 Å². The molecule has 1 heterocycles. The van der Waals surface area contributed by atoms with E-state index in [0.29, 0.717) is 31.6 Å². The second-order valence-corrected chi connectivity index (χ2v) is 11.0. The lowest BCUT2D eigenvalue weighted by Crippen LogP contribution is -2.27. The zero-order valence-electron chi connectivity index (χ0n) is 22.3. The molecule has 2 aromatic rings. The van der Waals surface area contributed by atoms with Crippen molar-refractivity contribution in [3.05, 3.63) is 82.7 Å². The first-order chi connectivity index (χ1) is 18.3. The van der Waals surface area contributed by atoms with Gasteiger partial charge in [-0.15, -0.1) is 0 Å². The van der Waals surface area contributed by atoms with Gasteiger partial charge in [0.15, 0.2) is 6.29 Å². The molecule has 2 aliphatic rings. The number of halogens is 4. The highest BCUT2D eigenvalue weighted by atomic mass is 19.4. The summed E-state index contributed by atoms with van der Waals surface area (Å²) < 4.78 is 63.2. The fourth-order valence-electron chi connectivity index (χ4n) is 5.65. The lowest BCUT2D eigenvalue weighted by atomic mass is 9.78. The van der Waals surface area contributed by atoms with Gasteiger partial charge in [-0.3, -0.25) is 0 Å². The molecule has 0 atom stereocenters. The number of benzene rings is 2. The van der Waals surface area contributed by atoms with Crippen LogP contribution in [0.1, 0.15) is 92.8 Å². The van der Waals surface area contributed by atoms with Crippen LogP contribution in [-0.4, -0.2) is 19.4 Å². The quantitative estimate of drug-likeness (QED) is 0.224. The summed E-state index contributed by atoms with van der Waals surface area (Å²) in [5.74, 6) is -0.851. The van der Waals surface area contributed by atoms with Gasteiger partial charge in [-0.05, 0) is 67.6 Å². The monoisotopic (exact) mass is 532 g/mol. The summed E-state index contributed by atoms with van der Waals surface area (Å²) in [7, 11) is 0. The molecule has 0 N–H and O–H groups in total. The molecule has 0 spiro atoms. The Morgan fingerprint density at radius 1 is 0.816 bits per heavy atom. The summed E-state index contributed by atoms with van der Waals surface area (Å²) in [4.78, 5) is 0. The van der Waals surface area contributed by atoms with E-state index in [4.69, 9.17) is 9.47 Å². The molecule has 38 heavy (non-hydrogen) atoms. The van der Waals surface area contributed by atoms with Crippen molar-refractivity contribution < 1.29 is 27.0 Å². The van der Waals surface area contributed by atoms with E-state index in [1.165, 1.54) is 42.4 Å². The van der Waals surface area contributed by atoms with Crippen molar-refractivity contribution in [1.82, 2.24) is 0 Å². The third kappa shape index (κ3) is 8.67. The Balaban J connectivity index is 1.20. The van der Waals surface area contributed by atoms with Crippen LogP contribution in [0.15, 0.2) is 60.4 Å². The van der Waals surface area contributed by atoms with Crippen LogP contribution in [0.2, 0.25) is 0 Å². The summed E-state index contributed by atoms with van der Waals surface area (Å²) in [6, 6.07) is 17.0. The van der Waals surface area contributed by atoms with Gasteiger partial charge >= 0.3 is 6.18 Å². The minimum atomic E-state index is -4.59. The van der Waals surface area contributed by atoms with Gasteiger partial charge in [0, 0.05) is 17.4 Å². The Bertz CT molecular complexity index is 997. The number of unbranched alkanes of at least 4 members (excludes halogenated alkanes) is 2. The zero-order valence-corrected chi connectivity index (χ0v) is 22.3. The standard InChI is InChI=1S/C32H40F4O2/c1-2-3-4-5-25-21-37-31(38-22-25)29-14-10-24(11-15-29)7-6-23-8-12-26(13-9-23)27-16-18-28(19-17-27)30(33)20-32(34,35)36/h8-15,20,25,27-28,31H,2-7,16-19,21-22H2,1H3. The molecule has 2 aromatic carbocycles. The number of allylic oxidation sites excluding steroid dienone is 2. The first-order valence-electron chi connectivity index (χ1n) is 14.2. The van der Waals surface area contributed by atoms with Crippen molar-refractivity contribution >= 4 is 0 Å². The third-order valence-electron chi connectivity index (χ3n) is 8.01. The fraction of sp³-hybridized carbons (Fsp3) is 0.562. The molecule has 6 heteroatoms. The average molecular weight is 533 g/mol.